The molecule has 0 spiro atoms. The number of hydrazine groups is 1. The minimum absolute atomic E-state index is 0.315. The number of nitrogens with one attached hydrogen (secondary N) is 1. The number of aromatic nitrogens is 1. The summed E-state index contributed by atoms with van der Waals surface area (Å²) in [6.07, 6.45) is 0. The number of carbonyl (C=O) groups excluding carboxylic acids is 1. The van der Waals surface area contributed by atoms with E-state index in [0.29, 0.717) is 17.3 Å². The Labute approximate surface area is 122 Å². The number of benzene rings is 1. The third-order valence-corrected chi connectivity index (χ3v) is 4.17. The van der Waals surface area contributed by atoms with Crippen LogP contribution in [-0.2, 0) is 6.61 Å². The molecule has 1 aromatic carbocycles. The van der Waals surface area contributed by atoms with Crippen molar-refractivity contribution in [1.82, 2.24) is 10.4 Å². The summed E-state index contributed by atoms with van der Waals surface area (Å²) in [4.78, 5) is 15.4. The summed E-state index contributed by atoms with van der Waals surface area (Å²) < 4.78 is 6.65. The predicted octanol–water partition coefficient (Wildman–Crippen LogP) is 2.40. The highest BCUT2D eigenvalue weighted by molar-refractivity contribution is 9.10. The molecule has 2 aromatic rings. The van der Waals surface area contributed by atoms with Crippen molar-refractivity contribution in [1.29, 1.82) is 0 Å². The van der Waals surface area contributed by atoms with Crippen LogP contribution in [0.25, 0.3) is 0 Å². The standard InChI is InChI=1S/C12H12BrN3O2S/c1-7-4-9(2-3-10(7)13)18-5-8-6-19-12(15-8)11(17)16-14/h2-4,6H,5,14H2,1H3,(H,16,17). The van der Waals surface area contributed by atoms with Crippen LogP contribution in [0, 0.1) is 6.92 Å². The fourth-order valence-corrected chi connectivity index (χ4v) is 2.35. The Morgan fingerprint density at radius 1 is 1.58 bits per heavy atom. The van der Waals surface area contributed by atoms with Gasteiger partial charge in [0.25, 0.3) is 5.91 Å². The number of rotatable bonds is 4. The smallest absolute Gasteiger partial charge is 0.294 e. The number of amides is 1. The van der Waals surface area contributed by atoms with Gasteiger partial charge in [-0.15, -0.1) is 11.3 Å². The van der Waals surface area contributed by atoms with E-state index in [4.69, 9.17) is 10.6 Å². The maximum Gasteiger partial charge on any atom is 0.294 e. The lowest BCUT2D eigenvalue weighted by atomic mass is 10.2. The molecule has 0 saturated carbocycles. The fourth-order valence-electron chi connectivity index (χ4n) is 1.40. The summed E-state index contributed by atoms with van der Waals surface area (Å²) in [7, 11) is 0. The molecule has 0 unspecified atom stereocenters. The summed E-state index contributed by atoms with van der Waals surface area (Å²) >= 11 is 4.66. The van der Waals surface area contributed by atoms with Gasteiger partial charge in [-0.2, -0.15) is 0 Å². The molecule has 0 aliphatic heterocycles. The SMILES string of the molecule is Cc1cc(OCc2csc(C(=O)NN)n2)ccc1Br. The molecule has 0 aliphatic rings. The van der Waals surface area contributed by atoms with Crippen LogP contribution < -0.4 is 16.0 Å². The molecular weight excluding hydrogens is 330 g/mol. The zero-order valence-corrected chi connectivity index (χ0v) is 12.5. The van der Waals surface area contributed by atoms with E-state index in [1.807, 2.05) is 30.5 Å². The molecule has 100 valence electrons. The molecule has 0 atom stereocenters. The van der Waals surface area contributed by atoms with E-state index in [9.17, 15) is 4.79 Å². The lowest BCUT2D eigenvalue weighted by Crippen LogP contribution is -2.29. The van der Waals surface area contributed by atoms with E-state index in [2.05, 4.69) is 20.9 Å². The van der Waals surface area contributed by atoms with Gasteiger partial charge in [0, 0.05) is 9.85 Å². The Kier molecular flexibility index (Phi) is 4.52. The van der Waals surface area contributed by atoms with Crippen LogP contribution in [0.2, 0.25) is 0 Å². The number of halogens is 1. The van der Waals surface area contributed by atoms with Crippen molar-refractivity contribution < 1.29 is 9.53 Å². The van der Waals surface area contributed by atoms with E-state index in [-0.39, 0.29) is 0 Å². The van der Waals surface area contributed by atoms with Gasteiger partial charge in [-0.05, 0) is 30.7 Å². The largest absolute Gasteiger partial charge is 0.487 e. The Bertz CT molecular complexity index is 600. The van der Waals surface area contributed by atoms with Crippen molar-refractivity contribution >= 4 is 33.2 Å². The average Bonchev–Trinajstić information content (AvgIpc) is 2.88. The quantitative estimate of drug-likeness (QED) is 0.508. The molecule has 7 heteroatoms. The predicted molar refractivity (Wildman–Crippen MR) is 77.0 cm³/mol. The first-order chi connectivity index (χ1) is 9.10. The van der Waals surface area contributed by atoms with Crippen molar-refractivity contribution in [2.24, 2.45) is 5.84 Å². The lowest BCUT2D eigenvalue weighted by molar-refractivity contribution is 0.0953. The van der Waals surface area contributed by atoms with Gasteiger partial charge in [0.1, 0.15) is 12.4 Å². The molecule has 1 amide bonds. The van der Waals surface area contributed by atoms with Gasteiger partial charge in [0.05, 0.1) is 5.69 Å². The van der Waals surface area contributed by atoms with Gasteiger partial charge < -0.3 is 4.74 Å². The normalized spacial score (nSPS) is 10.3. The van der Waals surface area contributed by atoms with Crippen LogP contribution in [-0.4, -0.2) is 10.9 Å². The van der Waals surface area contributed by atoms with Crippen LogP contribution in [0.15, 0.2) is 28.1 Å². The lowest BCUT2D eigenvalue weighted by Gasteiger charge is -2.06. The van der Waals surface area contributed by atoms with Gasteiger partial charge >= 0.3 is 0 Å². The van der Waals surface area contributed by atoms with Gasteiger partial charge in [0.2, 0.25) is 0 Å². The molecule has 1 aromatic heterocycles. The Morgan fingerprint density at radius 2 is 2.37 bits per heavy atom. The Balaban J connectivity index is 2.00. The number of nitrogen functional groups attached to an aromatic ring is 1. The number of aryl methyl sites for hydroxylation is 1. The monoisotopic (exact) mass is 341 g/mol. The maximum absolute atomic E-state index is 11.2. The number of nitrogens with zero attached hydrogens (tertiary/aromatic N) is 1. The van der Waals surface area contributed by atoms with E-state index >= 15 is 0 Å². The highest BCUT2D eigenvalue weighted by atomic mass is 79.9. The van der Waals surface area contributed by atoms with Crippen LogP contribution >= 0.6 is 27.3 Å². The summed E-state index contributed by atoms with van der Waals surface area (Å²) in [6, 6.07) is 5.74. The molecule has 0 aliphatic carbocycles. The molecule has 1 heterocycles. The number of carbonyl (C=O) groups is 1. The molecule has 3 N–H and O–H groups in total. The number of ether oxygens (including phenoxy) is 1. The number of thiazole rings is 1. The van der Waals surface area contributed by atoms with Gasteiger partial charge in [-0.25, -0.2) is 10.8 Å². The van der Waals surface area contributed by atoms with Crippen molar-refractivity contribution in [3.63, 3.8) is 0 Å². The minimum Gasteiger partial charge on any atom is -0.487 e. The Morgan fingerprint density at radius 3 is 3.05 bits per heavy atom. The van der Waals surface area contributed by atoms with E-state index in [0.717, 1.165) is 15.8 Å². The van der Waals surface area contributed by atoms with Crippen molar-refractivity contribution in [3.8, 4) is 5.75 Å². The highest BCUT2D eigenvalue weighted by Crippen LogP contribution is 2.22. The van der Waals surface area contributed by atoms with Gasteiger partial charge in [-0.3, -0.25) is 10.2 Å². The van der Waals surface area contributed by atoms with Gasteiger partial charge in [0.15, 0.2) is 5.01 Å². The van der Waals surface area contributed by atoms with E-state index in [1.165, 1.54) is 11.3 Å². The molecule has 0 radical (unpaired) electrons. The van der Waals surface area contributed by atoms with Crippen molar-refractivity contribution in [2.45, 2.75) is 13.5 Å². The molecule has 2 rings (SSSR count). The van der Waals surface area contributed by atoms with Crippen molar-refractivity contribution in [3.05, 3.63) is 44.3 Å². The summed E-state index contributed by atoms with van der Waals surface area (Å²) in [5.41, 5.74) is 3.84. The van der Waals surface area contributed by atoms with Crippen LogP contribution in [0.1, 0.15) is 21.1 Å². The number of hydrogen-bond donors (Lipinski definition) is 2. The van der Waals surface area contributed by atoms with Crippen LogP contribution in [0.3, 0.4) is 0 Å². The summed E-state index contributed by atoms with van der Waals surface area (Å²) in [5, 5.41) is 2.10. The van der Waals surface area contributed by atoms with Crippen LogP contribution in [0.4, 0.5) is 0 Å². The topological polar surface area (TPSA) is 77.2 Å². The summed E-state index contributed by atoms with van der Waals surface area (Å²) in [6.45, 7) is 2.30. The second-order valence-corrected chi connectivity index (χ2v) is 5.53. The molecule has 0 bridgehead atoms. The Hall–Kier alpha value is -1.44. The molecule has 5 nitrogen and oxygen atoms in total. The minimum atomic E-state index is -0.393. The zero-order valence-electron chi connectivity index (χ0n) is 10.1. The van der Waals surface area contributed by atoms with Crippen LogP contribution in [0.5, 0.6) is 5.75 Å². The second kappa shape index (κ2) is 6.14. The van der Waals surface area contributed by atoms with E-state index in [1.54, 1.807) is 5.38 Å². The molecular formula is C12H12BrN3O2S. The number of hydrogen-bond acceptors (Lipinski definition) is 5. The maximum atomic E-state index is 11.2. The zero-order chi connectivity index (χ0) is 13.8. The summed E-state index contributed by atoms with van der Waals surface area (Å²) in [5.74, 6) is 5.41. The van der Waals surface area contributed by atoms with Crippen molar-refractivity contribution in [2.75, 3.05) is 0 Å². The molecule has 0 fully saturated rings. The third kappa shape index (κ3) is 3.52. The van der Waals surface area contributed by atoms with E-state index < -0.39 is 5.91 Å². The highest BCUT2D eigenvalue weighted by Gasteiger charge is 2.09. The fraction of sp³-hybridized carbons (Fsp3) is 0.167. The first-order valence-electron chi connectivity index (χ1n) is 5.44. The average molecular weight is 342 g/mol. The first-order valence-corrected chi connectivity index (χ1v) is 7.11. The second-order valence-electron chi connectivity index (χ2n) is 3.82. The van der Waals surface area contributed by atoms with Gasteiger partial charge in [-0.1, -0.05) is 15.9 Å². The number of nitrogens with two attached hydrogens (primary N) is 1. The third-order valence-electron chi connectivity index (χ3n) is 2.39. The molecule has 19 heavy (non-hydrogen) atoms. The molecule has 0 saturated heterocycles. The first kappa shape index (κ1) is 14.0.